The second kappa shape index (κ2) is 11.1. The molecule has 1 aromatic heterocycles. The monoisotopic (exact) mass is 451 g/mol. The molecule has 3 rings (SSSR count). The van der Waals surface area contributed by atoms with Crippen LogP contribution in [0.3, 0.4) is 0 Å². The van der Waals surface area contributed by atoms with Crippen LogP contribution in [0.4, 0.5) is 0 Å². The van der Waals surface area contributed by atoms with Crippen molar-refractivity contribution in [1.82, 2.24) is 14.9 Å². The van der Waals surface area contributed by atoms with E-state index in [1.165, 1.54) is 16.3 Å². The van der Waals surface area contributed by atoms with E-state index in [1.54, 1.807) is 14.2 Å². The zero-order valence-electron chi connectivity index (χ0n) is 18.9. The van der Waals surface area contributed by atoms with Crippen LogP contribution < -0.4 is 10.9 Å². The predicted octanol–water partition coefficient (Wildman–Crippen LogP) is 3.88. The molecule has 2 aromatic carbocycles. The SMILES string of the molecule is COCc1nc(SC(C)C(=O)NC(C)c2ccccc2)n(C)c(=O)c1Cc1ccccc1. The summed E-state index contributed by atoms with van der Waals surface area (Å²) in [7, 11) is 3.28. The maximum absolute atomic E-state index is 13.2. The second-order valence-electron chi connectivity index (χ2n) is 7.68. The summed E-state index contributed by atoms with van der Waals surface area (Å²) in [5.74, 6) is -0.109. The van der Waals surface area contributed by atoms with Gasteiger partial charge in [0.25, 0.3) is 5.56 Å². The highest BCUT2D eigenvalue weighted by Crippen LogP contribution is 2.23. The molecule has 32 heavy (non-hydrogen) atoms. The van der Waals surface area contributed by atoms with Gasteiger partial charge < -0.3 is 10.1 Å². The number of hydrogen-bond acceptors (Lipinski definition) is 5. The summed E-state index contributed by atoms with van der Waals surface area (Å²) in [6.07, 6.45) is 0.481. The maximum Gasteiger partial charge on any atom is 0.257 e. The van der Waals surface area contributed by atoms with Gasteiger partial charge in [-0.05, 0) is 25.0 Å². The fourth-order valence-electron chi connectivity index (χ4n) is 3.38. The van der Waals surface area contributed by atoms with Crippen LogP contribution in [0, 0.1) is 0 Å². The molecule has 0 aliphatic carbocycles. The molecule has 168 valence electrons. The van der Waals surface area contributed by atoms with Gasteiger partial charge in [-0.3, -0.25) is 14.2 Å². The number of rotatable bonds is 9. The third-order valence-electron chi connectivity index (χ3n) is 5.24. The van der Waals surface area contributed by atoms with E-state index in [4.69, 9.17) is 9.72 Å². The summed E-state index contributed by atoms with van der Waals surface area (Å²) in [5, 5.41) is 3.11. The van der Waals surface area contributed by atoms with Crippen LogP contribution in [0.25, 0.3) is 0 Å². The number of hydrogen-bond donors (Lipinski definition) is 1. The molecule has 0 aliphatic rings. The van der Waals surface area contributed by atoms with E-state index >= 15 is 0 Å². The lowest BCUT2D eigenvalue weighted by atomic mass is 10.0. The van der Waals surface area contributed by atoms with Crippen LogP contribution in [0.15, 0.2) is 70.6 Å². The average Bonchev–Trinajstić information content (AvgIpc) is 2.81. The molecule has 0 fully saturated rings. The number of nitrogens with one attached hydrogen (secondary N) is 1. The number of aromatic nitrogens is 2. The van der Waals surface area contributed by atoms with E-state index in [0.717, 1.165) is 11.1 Å². The molecule has 0 radical (unpaired) electrons. The molecule has 1 heterocycles. The summed E-state index contributed by atoms with van der Waals surface area (Å²) in [5.41, 5.74) is 3.17. The summed E-state index contributed by atoms with van der Waals surface area (Å²) in [6, 6.07) is 19.5. The molecule has 0 saturated carbocycles. The van der Waals surface area contributed by atoms with Crippen LogP contribution in [0.1, 0.15) is 42.3 Å². The van der Waals surface area contributed by atoms with Gasteiger partial charge in [-0.15, -0.1) is 0 Å². The smallest absolute Gasteiger partial charge is 0.257 e. The molecule has 1 amide bonds. The molecule has 3 aromatic rings. The summed E-state index contributed by atoms with van der Waals surface area (Å²) in [6.45, 7) is 4.00. The Morgan fingerprint density at radius 1 is 1.09 bits per heavy atom. The minimum atomic E-state index is -0.422. The van der Waals surface area contributed by atoms with Crippen LogP contribution in [0.5, 0.6) is 0 Å². The first kappa shape index (κ1) is 23.8. The minimum absolute atomic E-state index is 0.109. The zero-order chi connectivity index (χ0) is 23.1. The van der Waals surface area contributed by atoms with Crippen molar-refractivity contribution in [3.05, 3.63) is 93.4 Å². The topological polar surface area (TPSA) is 73.2 Å². The number of amides is 1. The number of carbonyl (C=O) groups excluding carboxylic acids is 1. The third kappa shape index (κ3) is 5.87. The molecule has 6 nitrogen and oxygen atoms in total. The Labute approximate surface area is 193 Å². The van der Waals surface area contributed by atoms with Gasteiger partial charge in [-0.2, -0.15) is 0 Å². The van der Waals surface area contributed by atoms with Gasteiger partial charge in [0.05, 0.1) is 23.6 Å². The van der Waals surface area contributed by atoms with Crippen LogP contribution in [-0.4, -0.2) is 27.8 Å². The van der Waals surface area contributed by atoms with Crippen molar-refractivity contribution >= 4 is 17.7 Å². The van der Waals surface area contributed by atoms with Crippen LogP contribution >= 0.6 is 11.8 Å². The van der Waals surface area contributed by atoms with Gasteiger partial charge >= 0.3 is 0 Å². The number of methoxy groups -OCH3 is 1. The first-order valence-corrected chi connectivity index (χ1v) is 11.4. The standard InChI is InChI=1S/C25H29N3O3S/c1-17(20-13-9-6-10-14-20)26-23(29)18(2)32-25-27-22(16-31-4)21(24(30)28(25)3)15-19-11-7-5-8-12-19/h5-14,17-18H,15-16H2,1-4H3,(H,26,29). The van der Waals surface area contributed by atoms with Gasteiger partial charge in [-0.25, -0.2) is 4.98 Å². The van der Waals surface area contributed by atoms with Crippen molar-refractivity contribution in [3.8, 4) is 0 Å². The van der Waals surface area contributed by atoms with Gasteiger partial charge in [0.15, 0.2) is 5.16 Å². The Balaban J connectivity index is 1.79. The molecular weight excluding hydrogens is 422 g/mol. The molecule has 0 spiro atoms. The maximum atomic E-state index is 13.2. The molecule has 7 heteroatoms. The molecule has 0 aliphatic heterocycles. The first-order chi connectivity index (χ1) is 15.4. The van der Waals surface area contributed by atoms with Crippen molar-refractivity contribution in [1.29, 1.82) is 0 Å². The van der Waals surface area contributed by atoms with Crippen molar-refractivity contribution in [2.24, 2.45) is 7.05 Å². The van der Waals surface area contributed by atoms with Gasteiger partial charge in [-0.1, -0.05) is 72.4 Å². The van der Waals surface area contributed by atoms with Crippen molar-refractivity contribution < 1.29 is 9.53 Å². The molecule has 1 N–H and O–H groups in total. The van der Waals surface area contributed by atoms with Gasteiger partial charge in [0, 0.05) is 26.1 Å². The lowest BCUT2D eigenvalue weighted by molar-refractivity contribution is -0.120. The lowest BCUT2D eigenvalue weighted by Crippen LogP contribution is -2.34. The number of benzene rings is 2. The quantitative estimate of drug-likeness (QED) is 0.395. The highest BCUT2D eigenvalue weighted by Gasteiger charge is 2.22. The highest BCUT2D eigenvalue weighted by atomic mass is 32.2. The lowest BCUT2D eigenvalue weighted by Gasteiger charge is -2.19. The number of ether oxygens (including phenoxy) is 1. The zero-order valence-corrected chi connectivity index (χ0v) is 19.7. The van der Waals surface area contributed by atoms with E-state index in [-0.39, 0.29) is 24.1 Å². The summed E-state index contributed by atoms with van der Waals surface area (Å²) < 4.78 is 6.83. The van der Waals surface area contributed by atoms with Crippen molar-refractivity contribution in [2.75, 3.05) is 7.11 Å². The molecule has 0 saturated heterocycles. The third-order valence-corrected chi connectivity index (χ3v) is 6.39. The van der Waals surface area contributed by atoms with Gasteiger partial charge in [0.2, 0.25) is 5.91 Å². The Hall–Kier alpha value is -2.90. The number of nitrogens with zero attached hydrogens (tertiary/aromatic N) is 2. The minimum Gasteiger partial charge on any atom is -0.378 e. The Kier molecular flexibility index (Phi) is 8.25. The second-order valence-corrected chi connectivity index (χ2v) is 8.99. The Bertz CT molecular complexity index is 1100. The first-order valence-electron chi connectivity index (χ1n) is 10.5. The number of carbonyl (C=O) groups is 1. The van der Waals surface area contributed by atoms with E-state index < -0.39 is 5.25 Å². The van der Waals surface area contributed by atoms with Crippen molar-refractivity contribution in [3.63, 3.8) is 0 Å². The molecule has 0 bridgehead atoms. The Morgan fingerprint density at radius 3 is 2.34 bits per heavy atom. The largest absolute Gasteiger partial charge is 0.378 e. The van der Waals surface area contributed by atoms with E-state index in [0.29, 0.717) is 22.8 Å². The summed E-state index contributed by atoms with van der Waals surface area (Å²) in [4.78, 5) is 30.6. The highest BCUT2D eigenvalue weighted by molar-refractivity contribution is 8.00. The van der Waals surface area contributed by atoms with E-state index in [2.05, 4.69) is 5.32 Å². The number of thioether (sulfide) groups is 1. The fourth-order valence-corrected chi connectivity index (χ4v) is 4.27. The van der Waals surface area contributed by atoms with Crippen LogP contribution in [-0.2, 0) is 29.6 Å². The van der Waals surface area contributed by atoms with Gasteiger partial charge in [0.1, 0.15) is 0 Å². The van der Waals surface area contributed by atoms with Crippen molar-refractivity contribution in [2.45, 2.75) is 43.3 Å². The Morgan fingerprint density at radius 2 is 1.72 bits per heavy atom. The molecule has 2 atom stereocenters. The molecule has 2 unspecified atom stereocenters. The predicted molar refractivity (Wildman–Crippen MR) is 128 cm³/mol. The van der Waals surface area contributed by atoms with E-state index in [9.17, 15) is 9.59 Å². The van der Waals surface area contributed by atoms with E-state index in [1.807, 2.05) is 74.5 Å². The van der Waals surface area contributed by atoms with Crippen LogP contribution in [0.2, 0.25) is 0 Å². The summed E-state index contributed by atoms with van der Waals surface area (Å²) >= 11 is 1.27. The fraction of sp³-hybridized carbons (Fsp3) is 0.320. The average molecular weight is 452 g/mol. The molecular formula is C25H29N3O3S. The normalized spacial score (nSPS) is 12.9.